The average molecular weight is 549 g/mol. The molecule has 0 saturated heterocycles. The van der Waals surface area contributed by atoms with Crippen molar-refractivity contribution >= 4 is 15.7 Å². The van der Waals surface area contributed by atoms with Crippen molar-refractivity contribution in [3.63, 3.8) is 0 Å². The number of nitrogens with zero attached hydrogens (tertiary/aromatic N) is 2. The zero-order chi connectivity index (χ0) is 27.9. The predicted molar refractivity (Wildman–Crippen MR) is 155 cm³/mol. The molecule has 0 aliphatic heterocycles. The Morgan fingerprint density at radius 3 is 2.41 bits per heavy atom. The van der Waals surface area contributed by atoms with Crippen molar-refractivity contribution < 1.29 is 18.3 Å². The largest absolute Gasteiger partial charge is 0.487 e. The second-order valence-corrected chi connectivity index (χ2v) is 12.0. The van der Waals surface area contributed by atoms with E-state index in [9.17, 15) is 13.5 Å². The highest BCUT2D eigenvalue weighted by Gasteiger charge is 2.21. The van der Waals surface area contributed by atoms with Crippen LogP contribution in [0.2, 0.25) is 0 Å². The molecule has 0 amide bonds. The first-order valence-electron chi connectivity index (χ1n) is 12.9. The summed E-state index contributed by atoms with van der Waals surface area (Å²) in [5.74, 6) is 0.392. The topological polar surface area (TPSA) is 105 Å². The van der Waals surface area contributed by atoms with Gasteiger partial charge in [0.1, 0.15) is 12.4 Å². The number of rotatable bonds is 13. The van der Waals surface area contributed by atoms with E-state index in [2.05, 4.69) is 33.4 Å². The van der Waals surface area contributed by atoms with Gasteiger partial charge in [0.2, 0.25) is 10.0 Å². The van der Waals surface area contributed by atoms with Gasteiger partial charge in [0.05, 0.1) is 30.1 Å². The van der Waals surface area contributed by atoms with Crippen molar-refractivity contribution in [1.29, 1.82) is 0 Å². The van der Waals surface area contributed by atoms with Gasteiger partial charge in [-0.1, -0.05) is 66.7 Å². The molecule has 39 heavy (non-hydrogen) atoms. The van der Waals surface area contributed by atoms with E-state index in [0.717, 1.165) is 36.0 Å². The van der Waals surface area contributed by atoms with Gasteiger partial charge in [-0.3, -0.25) is 4.72 Å². The van der Waals surface area contributed by atoms with Gasteiger partial charge in [0.15, 0.2) is 0 Å². The van der Waals surface area contributed by atoms with Crippen LogP contribution in [0, 0.1) is 0 Å². The minimum atomic E-state index is -3.55. The fraction of sp³-hybridized carbons (Fsp3) is 0.300. The standard InChI is InChI=1S/C30H36N4O4S/c1-30(2,16-17-34-20-27(31-22-34)24-12-8-5-9-13-24)32-19-28(35)25-14-15-29(26(18-25)33-39(3,36)37)38-21-23-10-6-4-7-11-23/h4-15,18,20,22,28,32-33,35H,16-17,19,21H2,1-3H3. The Labute approximate surface area is 230 Å². The Kier molecular flexibility index (Phi) is 9.06. The zero-order valence-corrected chi connectivity index (χ0v) is 23.4. The summed E-state index contributed by atoms with van der Waals surface area (Å²) in [7, 11) is -3.55. The lowest BCUT2D eigenvalue weighted by molar-refractivity contribution is 0.158. The molecule has 4 rings (SSSR count). The summed E-state index contributed by atoms with van der Waals surface area (Å²) >= 11 is 0. The molecule has 4 aromatic rings. The van der Waals surface area contributed by atoms with Gasteiger partial charge in [0.25, 0.3) is 0 Å². The van der Waals surface area contributed by atoms with E-state index in [-0.39, 0.29) is 5.54 Å². The number of aromatic nitrogens is 2. The lowest BCUT2D eigenvalue weighted by atomic mass is 9.99. The number of aliphatic hydroxyl groups is 1. The lowest BCUT2D eigenvalue weighted by Crippen LogP contribution is -2.42. The first kappa shape index (κ1) is 28.4. The van der Waals surface area contributed by atoms with Crippen LogP contribution in [0.15, 0.2) is 91.4 Å². The van der Waals surface area contributed by atoms with E-state index in [1.165, 1.54) is 0 Å². The van der Waals surface area contributed by atoms with Crippen LogP contribution in [-0.2, 0) is 23.2 Å². The van der Waals surface area contributed by atoms with Crippen LogP contribution < -0.4 is 14.8 Å². The van der Waals surface area contributed by atoms with E-state index in [0.29, 0.717) is 30.2 Å². The van der Waals surface area contributed by atoms with Crippen molar-refractivity contribution in [3.8, 4) is 17.0 Å². The molecule has 1 atom stereocenters. The van der Waals surface area contributed by atoms with E-state index in [1.54, 1.807) is 18.2 Å². The number of ether oxygens (including phenoxy) is 1. The Balaban J connectivity index is 1.36. The Bertz CT molecular complexity index is 1450. The Morgan fingerprint density at radius 2 is 1.72 bits per heavy atom. The quantitative estimate of drug-likeness (QED) is 0.217. The van der Waals surface area contributed by atoms with E-state index >= 15 is 0 Å². The summed E-state index contributed by atoms with van der Waals surface area (Å²) in [5, 5.41) is 14.4. The summed E-state index contributed by atoms with van der Waals surface area (Å²) in [5.41, 5.74) is 3.59. The minimum Gasteiger partial charge on any atom is -0.487 e. The molecule has 0 aliphatic carbocycles. The number of anilines is 1. The molecule has 206 valence electrons. The second-order valence-electron chi connectivity index (χ2n) is 10.3. The van der Waals surface area contributed by atoms with Crippen molar-refractivity contribution in [2.24, 2.45) is 0 Å². The number of sulfonamides is 1. The maximum atomic E-state index is 12.0. The van der Waals surface area contributed by atoms with Gasteiger partial charge >= 0.3 is 0 Å². The molecule has 0 fully saturated rings. The van der Waals surface area contributed by atoms with Crippen LogP contribution in [-0.4, -0.2) is 41.4 Å². The van der Waals surface area contributed by atoms with Crippen molar-refractivity contribution in [1.82, 2.24) is 14.9 Å². The first-order chi connectivity index (χ1) is 18.6. The minimum absolute atomic E-state index is 0.259. The number of aliphatic hydroxyl groups excluding tert-OH is 1. The van der Waals surface area contributed by atoms with Crippen LogP contribution in [0.25, 0.3) is 11.3 Å². The summed E-state index contributed by atoms with van der Waals surface area (Å²) in [6.45, 7) is 5.54. The fourth-order valence-corrected chi connectivity index (χ4v) is 4.68. The number of imidazole rings is 1. The molecule has 1 aromatic heterocycles. The van der Waals surface area contributed by atoms with Gasteiger partial charge in [-0.15, -0.1) is 0 Å². The number of β-amino-alcohol motifs (C(OH)–C–C–N with tert-alkyl or cyclic N) is 1. The molecule has 1 heterocycles. The van der Waals surface area contributed by atoms with Crippen LogP contribution in [0.5, 0.6) is 5.75 Å². The van der Waals surface area contributed by atoms with Crippen LogP contribution in [0.4, 0.5) is 5.69 Å². The third kappa shape index (κ3) is 8.68. The number of aryl methyl sites for hydroxylation is 1. The normalized spacial score (nSPS) is 12.7. The molecule has 0 saturated carbocycles. The third-order valence-corrected chi connectivity index (χ3v) is 6.98. The number of hydrogen-bond acceptors (Lipinski definition) is 6. The number of nitrogens with one attached hydrogen (secondary N) is 2. The molecule has 8 nitrogen and oxygen atoms in total. The van der Waals surface area contributed by atoms with E-state index in [4.69, 9.17) is 4.74 Å². The summed E-state index contributed by atoms with van der Waals surface area (Å²) in [6, 6.07) is 24.7. The molecular formula is C30H36N4O4S. The van der Waals surface area contributed by atoms with Gasteiger partial charge < -0.3 is 19.7 Å². The van der Waals surface area contributed by atoms with Crippen LogP contribution >= 0.6 is 0 Å². The highest BCUT2D eigenvalue weighted by atomic mass is 32.2. The summed E-state index contributed by atoms with van der Waals surface area (Å²) < 4.78 is 34.4. The van der Waals surface area contributed by atoms with Crippen molar-refractivity contribution in [2.75, 3.05) is 17.5 Å². The number of hydrogen-bond donors (Lipinski definition) is 3. The molecule has 9 heteroatoms. The highest BCUT2D eigenvalue weighted by Crippen LogP contribution is 2.30. The Hall–Kier alpha value is -3.66. The van der Waals surface area contributed by atoms with Gasteiger partial charge in [0, 0.05) is 30.4 Å². The van der Waals surface area contributed by atoms with Gasteiger partial charge in [-0.2, -0.15) is 0 Å². The average Bonchev–Trinajstić information content (AvgIpc) is 3.39. The second kappa shape index (κ2) is 12.5. The van der Waals surface area contributed by atoms with Gasteiger partial charge in [-0.05, 0) is 43.5 Å². The third-order valence-electron chi connectivity index (χ3n) is 6.39. The molecule has 3 N–H and O–H groups in total. The maximum Gasteiger partial charge on any atom is 0.229 e. The zero-order valence-electron chi connectivity index (χ0n) is 22.5. The molecular weight excluding hydrogens is 512 g/mol. The monoisotopic (exact) mass is 548 g/mol. The smallest absolute Gasteiger partial charge is 0.229 e. The maximum absolute atomic E-state index is 12.0. The Morgan fingerprint density at radius 1 is 1.03 bits per heavy atom. The van der Waals surface area contributed by atoms with Crippen LogP contribution in [0.3, 0.4) is 0 Å². The fourth-order valence-electron chi connectivity index (χ4n) is 4.12. The molecule has 0 bridgehead atoms. The van der Waals surface area contributed by atoms with Crippen LogP contribution in [0.1, 0.15) is 37.5 Å². The van der Waals surface area contributed by atoms with Gasteiger partial charge in [-0.25, -0.2) is 13.4 Å². The molecule has 0 radical (unpaired) electrons. The first-order valence-corrected chi connectivity index (χ1v) is 14.8. The number of benzene rings is 3. The summed E-state index contributed by atoms with van der Waals surface area (Å²) in [4.78, 5) is 4.52. The molecule has 0 aliphatic rings. The lowest BCUT2D eigenvalue weighted by Gasteiger charge is -2.28. The predicted octanol–water partition coefficient (Wildman–Crippen LogP) is 4.99. The van der Waals surface area contributed by atoms with E-state index in [1.807, 2.05) is 73.2 Å². The highest BCUT2D eigenvalue weighted by molar-refractivity contribution is 7.92. The molecule has 0 spiro atoms. The summed E-state index contributed by atoms with van der Waals surface area (Å²) in [6.07, 6.45) is 4.94. The van der Waals surface area contributed by atoms with E-state index < -0.39 is 16.1 Å². The molecule has 1 unspecified atom stereocenters. The molecule has 3 aromatic carbocycles. The van der Waals surface area contributed by atoms with Crippen molar-refractivity contribution in [2.45, 2.75) is 45.1 Å². The van der Waals surface area contributed by atoms with Crippen molar-refractivity contribution in [3.05, 3.63) is 103 Å². The SMILES string of the molecule is CC(C)(CCn1cnc(-c2ccccc2)c1)NCC(O)c1ccc(OCc2ccccc2)c(NS(C)(=O)=O)c1.